The molecule has 9 heteroatoms. The molecule has 8 nitrogen and oxygen atoms in total. The number of amides is 1. The molecule has 0 N–H and O–H groups in total. The van der Waals surface area contributed by atoms with Gasteiger partial charge in [-0.3, -0.25) is 9.69 Å². The van der Waals surface area contributed by atoms with E-state index in [1.54, 1.807) is 27.7 Å². The molecule has 0 saturated carbocycles. The van der Waals surface area contributed by atoms with Crippen LogP contribution in [0, 0.1) is 0 Å². The number of carbonyl (C=O) groups is 2. The molecule has 1 aliphatic rings. The van der Waals surface area contributed by atoms with Crippen LogP contribution in [0.1, 0.15) is 47.5 Å². The Morgan fingerprint density at radius 3 is 2.12 bits per heavy atom. The first-order chi connectivity index (χ1) is 11.3. The van der Waals surface area contributed by atoms with Gasteiger partial charge in [0.15, 0.2) is 0 Å². The van der Waals surface area contributed by atoms with Gasteiger partial charge in [0.2, 0.25) is 10.0 Å². The largest absolute Gasteiger partial charge is 0.465 e. The van der Waals surface area contributed by atoms with Crippen LogP contribution in [-0.4, -0.2) is 73.3 Å². The number of carbonyl (C=O) groups excluding carboxylic acids is 2. The van der Waals surface area contributed by atoms with Crippen LogP contribution in [0.25, 0.3) is 0 Å². The molecule has 0 spiro atoms. The Labute approximate surface area is 150 Å². The van der Waals surface area contributed by atoms with E-state index in [9.17, 15) is 18.0 Å². The normalized spacial score (nSPS) is 18.5. The Balaban J connectivity index is 2.98. The first-order valence-corrected chi connectivity index (χ1v) is 10.2. The smallest absolute Gasteiger partial charge is 0.411 e. The van der Waals surface area contributed by atoms with Gasteiger partial charge in [0.1, 0.15) is 12.1 Å². The van der Waals surface area contributed by atoms with Gasteiger partial charge in [-0.25, -0.2) is 17.5 Å². The van der Waals surface area contributed by atoms with Crippen molar-refractivity contribution < 1.29 is 27.5 Å². The summed E-state index contributed by atoms with van der Waals surface area (Å²) in [6.45, 7) is 9.37. The molecule has 0 aromatic carbocycles. The summed E-state index contributed by atoms with van der Waals surface area (Å²) in [7, 11) is -3.28. The van der Waals surface area contributed by atoms with Crippen molar-refractivity contribution in [3.8, 4) is 0 Å². The second-order valence-electron chi connectivity index (χ2n) is 7.53. The lowest BCUT2D eigenvalue weighted by Gasteiger charge is -2.45. The maximum Gasteiger partial charge on any atom is 0.411 e. The standard InChI is InChI=1S/C16H30N2O6S/c1-7-23-13(19)12-18(14(20)24-15(2,3)4)16(5)8-10-17(11-9-16)25(6,21)22/h7-12H2,1-6H3. The average molecular weight is 378 g/mol. The third-order valence-corrected chi connectivity index (χ3v) is 5.43. The van der Waals surface area contributed by atoms with Crippen LogP contribution < -0.4 is 0 Å². The molecule has 0 aromatic heterocycles. The van der Waals surface area contributed by atoms with Crippen LogP contribution in [0.3, 0.4) is 0 Å². The minimum Gasteiger partial charge on any atom is -0.465 e. The molecule has 1 amide bonds. The minimum absolute atomic E-state index is 0.222. The van der Waals surface area contributed by atoms with E-state index in [1.165, 1.54) is 15.5 Å². The summed E-state index contributed by atoms with van der Waals surface area (Å²) >= 11 is 0. The molecule has 1 fully saturated rings. The van der Waals surface area contributed by atoms with Crippen LogP contribution in [0.15, 0.2) is 0 Å². The summed E-state index contributed by atoms with van der Waals surface area (Å²) in [6.07, 6.45) is 1.40. The molecule has 0 aromatic rings. The van der Waals surface area contributed by atoms with E-state index in [1.807, 2.05) is 6.92 Å². The average Bonchev–Trinajstić information content (AvgIpc) is 2.42. The monoisotopic (exact) mass is 378 g/mol. The molecule has 0 aliphatic carbocycles. The summed E-state index contributed by atoms with van der Waals surface area (Å²) in [4.78, 5) is 26.0. The van der Waals surface area contributed by atoms with E-state index in [0.717, 1.165) is 0 Å². The van der Waals surface area contributed by atoms with E-state index in [4.69, 9.17) is 9.47 Å². The summed E-state index contributed by atoms with van der Waals surface area (Å²) < 4.78 is 35.2. The molecule has 25 heavy (non-hydrogen) atoms. The molecule has 1 saturated heterocycles. The highest BCUT2D eigenvalue weighted by molar-refractivity contribution is 7.88. The van der Waals surface area contributed by atoms with Gasteiger partial charge >= 0.3 is 12.1 Å². The van der Waals surface area contributed by atoms with Crippen molar-refractivity contribution >= 4 is 22.1 Å². The molecule has 1 heterocycles. The van der Waals surface area contributed by atoms with Gasteiger partial charge in [-0.1, -0.05) is 0 Å². The molecule has 0 unspecified atom stereocenters. The van der Waals surface area contributed by atoms with E-state index in [0.29, 0.717) is 12.8 Å². The Hall–Kier alpha value is -1.35. The highest BCUT2D eigenvalue weighted by atomic mass is 32.2. The summed E-state index contributed by atoms with van der Waals surface area (Å²) in [5.74, 6) is -0.514. The van der Waals surface area contributed by atoms with E-state index < -0.39 is 33.2 Å². The van der Waals surface area contributed by atoms with Crippen molar-refractivity contribution in [1.82, 2.24) is 9.21 Å². The second-order valence-corrected chi connectivity index (χ2v) is 9.51. The maximum absolute atomic E-state index is 12.6. The van der Waals surface area contributed by atoms with Crippen molar-refractivity contribution in [3.05, 3.63) is 0 Å². The number of ether oxygens (including phenoxy) is 2. The molecule has 0 radical (unpaired) electrons. The predicted molar refractivity (Wildman–Crippen MR) is 93.6 cm³/mol. The summed E-state index contributed by atoms with van der Waals surface area (Å²) in [6, 6.07) is 0. The Bertz CT molecular complexity index is 588. The number of hydrogen-bond acceptors (Lipinski definition) is 6. The SMILES string of the molecule is CCOC(=O)CN(C(=O)OC(C)(C)C)C1(C)CCN(S(C)(=O)=O)CC1. The number of sulfonamides is 1. The third-order valence-electron chi connectivity index (χ3n) is 4.13. The second kappa shape index (κ2) is 7.90. The Kier molecular flexibility index (Phi) is 6.86. The number of esters is 1. The zero-order valence-electron chi connectivity index (χ0n) is 16.0. The summed E-state index contributed by atoms with van der Waals surface area (Å²) in [5.41, 5.74) is -1.38. The summed E-state index contributed by atoms with van der Waals surface area (Å²) in [5, 5.41) is 0. The zero-order valence-corrected chi connectivity index (χ0v) is 16.8. The van der Waals surface area contributed by atoms with Crippen molar-refractivity contribution in [3.63, 3.8) is 0 Å². The topological polar surface area (TPSA) is 93.2 Å². The van der Waals surface area contributed by atoms with Gasteiger partial charge in [-0.15, -0.1) is 0 Å². The lowest BCUT2D eigenvalue weighted by molar-refractivity contribution is -0.146. The highest BCUT2D eigenvalue weighted by Gasteiger charge is 2.42. The Morgan fingerprint density at radius 2 is 1.72 bits per heavy atom. The molecular formula is C16H30N2O6S. The minimum atomic E-state index is -3.28. The molecule has 0 atom stereocenters. The molecule has 1 rings (SSSR count). The van der Waals surface area contributed by atoms with Crippen LogP contribution in [0.2, 0.25) is 0 Å². The molecular weight excluding hydrogens is 348 g/mol. The van der Waals surface area contributed by atoms with Crippen LogP contribution >= 0.6 is 0 Å². The van der Waals surface area contributed by atoms with Gasteiger partial charge in [-0.2, -0.15) is 0 Å². The van der Waals surface area contributed by atoms with Crippen LogP contribution in [0.4, 0.5) is 4.79 Å². The number of nitrogens with zero attached hydrogens (tertiary/aromatic N) is 2. The van der Waals surface area contributed by atoms with Crippen LogP contribution in [-0.2, 0) is 24.3 Å². The van der Waals surface area contributed by atoms with Gasteiger partial charge in [0, 0.05) is 18.6 Å². The first kappa shape index (κ1) is 21.7. The van der Waals surface area contributed by atoms with Gasteiger partial charge in [-0.05, 0) is 47.5 Å². The third kappa shape index (κ3) is 6.47. The van der Waals surface area contributed by atoms with E-state index in [-0.39, 0.29) is 26.2 Å². The van der Waals surface area contributed by atoms with Crippen LogP contribution in [0.5, 0.6) is 0 Å². The van der Waals surface area contributed by atoms with Crippen molar-refractivity contribution in [2.24, 2.45) is 0 Å². The number of rotatable bonds is 5. The first-order valence-electron chi connectivity index (χ1n) is 8.40. The Morgan fingerprint density at radius 1 is 1.20 bits per heavy atom. The highest BCUT2D eigenvalue weighted by Crippen LogP contribution is 2.31. The molecule has 1 aliphatic heterocycles. The van der Waals surface area contributed by atoms with Gasteiger partial charge in [0.05, 0.1) is 12.9 Å². The van der Waals surface area contributed by atoms with Crippen molar-refractivity contribution in [2.75, 3.05) is 32.5 Å². The number of hydrogen-bond donors (Lipinski definition) is 0. The van der Waals surface area contributed by atoms with E-state index >= 15 is 0 Å². The molecule has 146 valence electrons. The van der Waals surface area contributed by atoms with Gasteiger partial charge in [0.25, 0.3) is 0 Å². The number of piperidine rings is 1. The fourth-order valence-electron chi connectivity index (χ4n) is 2.70. The zero-order chi connectivity index (χ0) is 19.5. The van der Waals surface area contributed by atoms with E-state index in [2.05, 4.69) is 0 Å². The maximum atomic E-state index is 12.6. The van der Waals surface area contributed by atoms with Crippen molar-refractivity contribution in [1.29, 1.82) is 0 Å². The van der Waals surface area contributed by atoms with Gasteiger partial charge < -0.3 is 9.47 Å². The van der Waals surface area contributed by atoms with Crippen molar-refractivity contribution in [2.45, 2.75) is 58.6 Å². The quantitative estimate of drug-likeness (QED) is 0.675. The lowest BCUT2D eigenvalue weighted by Crippen LogP contribution is -2.58. The lowest BCUT2D eigenvalue weighted by atomic mass is 9.88. The molecule has 0 bridgehead atoms. The fraction of sp³-hybridized carbons (Fsp3) is 0.875. The fourth-order valence-corrected chi connectivity index (χ4v) is 3.54. The predicted octanol–water partition coefficient (Wildman–Crippen LogP) is 1.60.